The van der Waals surface area contributed by atoms with E-state index in [-0.39, 0.29) is 0 Å². The molecule has 0 radical (unpaired) electrons. The standard InChI is InChI=1S/C11H16ClNS/c1-8(2)9(3)14-7-10-4-5-13-11(12)6-10/h4-6,8-9H,7H2,1-3H3. The fourth-order valence-electron chi connectivity index (χ4n) is 0.952. The van der Waals surface area contributed by atoms with Crippen LogP contribution in [0.2, 0.25) is 5.15 Å². The fraction of sp³-hybridized carbons (Fsp3) is 0.545. The summed E-state index contributed by atoms with van der Waals surface area (Å²) in [7, 11) is 0. The van der Waals surface area contributed by atoms with Crippen molar-refractivity contribution in [3.05, 3.63) is 29.0 Å². The van der Waals surface area contributed by atoms with Crippen molar-refractivity contribution in [3.8, 4) is 0 Å². The number of rotatable bonds is 4. The van der Waals surface area contributed by atoms with Crippen LogP contribution in [0.1, 0.15) is 26.3 Å². The zero-order chi connectivity index (χ0) is 10.6. The molecule has 1 aromatic heterocycles. The second-order valence-corrected chi connectivity index (χ2v) is 5.50. The summed E-state index contributed by atoms with van der Waals surface area (Å²) in [4.78, 5) is 3.96. The molecule has 0 aromatic carbocycles. The summed E-state index contributed by atoms with van der Waals surface area (Å²) in [6.07, 6.45) is 1.76. The third kappa shape index (κ3) is 3.89. The molecule has 78 valence electrons. The lowest BCUT2D eigenvalue weighted by Crippen LogP contribution is -2.05. The van der Waals surface area contributed by atoms with E-state index in [9.17, 15) is 0 Å². The van der Waals surface area contributed by atoms with E-state index in [1.807, 2.05) is 23.9 Å². The Kier molecular flexibility index (Phi) is 4.76. The molecule has 0 saturated heterocycles. The first-order chi connectivity index (χ1) is 6.59. The number of hydrogen-bond acceptors (Lipinski definition) is 2. The van der Waals surface area contributed by atoms with Crippen molar-refractivity contribution in [2.24, 2.45) is 5.92 Å². The Morgan fingerprint density at radius 3 is 2.71 bits per heavy atom. The van der Waals surface area contributed by atoms with Crippen LogP contribution in [0.4, 0.5) is 0 Å². The molecule has 0 amide bonds. The Balaban J connectivity index is 2.45. The van der Waals surface area contributed by atoms with E-state index in [1.165, 1.54) is 5.56 Å². The lowest BCUT2D eigenvalue weighted by Gasteiger charge is -2.14. The molecule has 3 heteroatoms. The van der Waals surface area contributed by atoms with Gasteiger partial charge in [-0.3, -0.25) is 0 Å². The zero-order valence-corrected chi connectivity index (χ0v) is 10.4. The van der Waals surface area contributed by atoms with Gasteiger partial charge in [0, 0.05) is 17.2 Å². The number of thioether (sulfide) groups is 1. The monoisotopic (exact) mass is 229 g/mol. The molecule has 1 aromatic rings. The minimum atomic E-state index is 0.584. The SMILES string of the molecule is CC(C)C(C)SCc1ccnc(Cl)c1. The summed E-state index contributed by atoms with van der Waals surface area (Å²) in [6.45, 7) is 6.76. The van der Waals surface area contributed by atoms with Gasteiger partial charge in [0.25, 0.3) is 0 Å². The van der Waals surface area contributed by atoms with Crippen molar-refractivity contribution in [1.29, 1.82) is 0 Å². The quantitative estimate of drug-likeness (QED) is 0.724. The van der Waals surface area contributed by atoms with Gasteiger partial charge in [-0.05, 0) is 23.6 Å². The molecule has 0 aliphatic rings. The van der Waals surface area contributed by atoms with Gasteiger partial charge in [0.1, 0.15) is 5.15 Å². The average Bonchev–Trinajstić information content (AvgIpc) is 2.14. The summed E-state index contributed by atoms with van der Waals surface area (Å²) in [5, 5.41) is 1.27. The third-order valence-corrected chi connectivity index (χ3v) is 4.02. The highest BCUT2D eigenvalue weighted by molar-refractivity contribution is 7.99. The Hall–Kier alpha value is -0.210. The first kappa shape index (κ1) is 11.9. The van der Waals surface area contributed by atoms with Gasteiger partial charge in [-0.2, -0.15) is 11.8 Å². The van der Waals surface area contributed by atoms with Crippen LogP contribution in [-0.4, -0.2) is 10.2 Å². The van der Waals surface area contributed by atoms with Crippen molar-refractivity contribution in [2.75, 3.05) is 0 Å². The van der Waals surface area contributed by atoms with Gasteiger partial charge in [-0.1, -0.05) is 32.4 Å². The maximum absolute atomic E-state index is 5.80. The smallest absolute Gasteiger partial charge is 0.129 e. The minimum absolute atomic E-state index is 0.584. The highest BCUT2D eigenvalue weighted by atomic mass is 35.5. The second kappa shape index (κ2) is 5.62. The van der Waals surface area contributed by atoms with Gasteiger partial charge in [-0.25, -0.2) is 4.98 Å². The van der Waals surface area contributed by atoms with Gasteiger partial charge in [0.2, 0.25) is 0 Å². The average molecular weight is 230 g/mol. The first-order valence-corrected chi connectivity index (χ1v) is 6.24. The Bertz CT molecular complexity index is 288. The van der Waals surface area contributed by atoms with Crippen LogP contribution in [0.15, 0.2) is 18.3 Å². The first-order valence-electron chi connectivity index (χ1n) is 4.81. The van der Waals surface area contributed by atoms with Crippen LogP contribution in [0.25, 0.3) is 0 Å². The molecule has 0 spiro atoms. The minimum Gasteiger partial charge on any atom is -0.245 e. The van der Waals surface area contributed by atoms with Crippen LogP contribution >= 0.6 is 23.4 Å². The summed E-state index contributed by atoms with van der Waals surface area (Å²) in [6, 6.07) is 3.95. The van der Waals surface area contributed by atoms with Gasteiger partial charge in [-0.15, -0.1) is 0 Å². The molecule has 0 N–H and O–H groups in total. The maximum Gasteiger partial charge on any atom is 0.129 e. The number of aromatic nitrogens is 1. The lowest BCUT2D eigenvalue weighted by atomic mass is 10.2. The topological polar surface area (TPSA) is 12.9 Å². The zero-order valence-electron chi connectivity index (χ0n) is 8.83. The summed E-state index contributed by atoms with van der Waals surface area (Å²) < 4.78 is 0. The molecule has 0 fully saturated rings. The molecule has 14 heavy (non-hydrogen) atoms. The molecule has 0 bridgehead atoms. The van der Waals surface area contributed by atoms with Gasteiger partial charge >= 0.3 is 0 Å². The Morgan fingerprint density at radius 1 is 1.43 bits per heavy atom. The molecule has 1 heterocycles. The van der Waals surface area contributed by atoms with Crippen LogP contribution < -0.4 is 0 Å². The number of halogens is 1. The van der Waals surface area contributed by atoms with E-state index < -0.39 is 0 Å². The number of nitrogens with zero attached hydrogens (tertiary/aromatic N) is 1. The van der Waals surface area contributed by atoms with Gasteiger partial charge in [0.15, 0.2) is 0 Å². The van der Waals surface area contributed by atoms with Crippen molar-refractivity contribution in [3.63, 3.8) is 0 Å². The van der Waals surface area contributed by atoms with E-state index in [1.54, 1.807) is 6.20 Å². The molecule has 0 aliphatic carbocycles. The largest absolute Gasteiger partial charge is 0.245 e. The van der Waals surface area contributed by atoms with Crippen LogP contribution in [-0.2, 0) is 5.75 Å². The summed E-state index contributed by atoms with van der Waals surface area (Å²) in [5.74, 6) is 1.74. The number of pyridine rings is 1. The molecule has 0 saturated carbocycles. The van der Waals surface area contributed by atoms with Gasteiger partial charge in [0.05, 0.1) is 0 Å². The lowest BCUT2D eigenvalue weighted by molar-refractivity contribution is 0.642. The molecular weight excluding hydrogens is 214 g/mol. The Labute approximate surface area is 95.3 Å². The van der Waals surface area contributed by atoms with Crippen molar-refractivity contribution in [1.82, 2.24) is 4.98 Å². The fourth-order valence-corrected chi connectivity index (χ4v) is 2.17. The maximum atomic E-state index is 5.80. The molecule has 1 rings (SSSR count). The Morgan fingerprint density at radius 2 is 2.14 bits per heavy atom. The molecule has 1 nitrogen and oxygen atoms in total. The highest BCUT2D eigenvalue weighted by Crippen LogP contribution is 2.23. The van der Waals surface area contributed by atoms with E-state index in [4.69, 9.17) is 11.6 Å². The van der Waals surface area contributed by atoms with Crippen LogP contribution in [0.3, 0.4) is 0 Å². The van der Waals surface area contributed by atoms with E-state index >= 15 is 0 Å². The molecule has 1 unspecified atom stereocenters. The highest BCUT2D eigenvalue weighted by Gasteiger charge is 2.07. The van der Waals surface area contributed by atoms with E-state index in [0.29, 0.717) is 10.4 Å². The van der Waals surface area contributed by atoms with Crippen LogP contribution in [0.5, 0.6) is 0 Å². The number of hydrogen-bond donors (Lipinski definition) is 0. The normalized spacial score (nSPS) is 13.2. The predicted octanol–water partition coefficient (Wildman–Crippen LogP) is 4.01. The van der Waals surface area contributed by atoms with Crippen molar-refractivity contribution in [2.45, 2.75) is 31.8 Å². The summed E-state index contributed by atoms with van der Waals surface area (Å²) in [5.41, 5.74) is 1.25. The van der Waals surface area contributed by atoms with Crippen molar-refractivity contribution >= 4 is 23.4 Å². The summed E-state index contributed by atoms with van der Waals surface area (Å²) >= 11 is 7.76. The van der Waals surface area contributed by atoms with Gasteiger partial charge < -0.3 is 0 Å². The molecular formula is C11H16ClNS. The predicted molar refractivity (Wildman–Crippen MR) is 64.8 cm³/mol. The second-order valence-electron chi connectivity index (χ2n) is 3.75. The van der Waals surface area contributed by atoms with E-state index in [2.05, 4.69) is 25.8 Å². The molecule has 1 atom stereocenters. The third-order valence-electron chi connectivity index (χ3n) is 2.24. The molecule has 0 aliphatic heterocycles. The van der Waals surface area contributed by atoms with E-state index in [0.717, 1.165) is 11.7 Å². The van der Waals surface area contributed by atoms with Crippen LogP contribution in [0, 0.1) is 5.92 Å². The van der Waals surface area contributed by atoms with Crippen molar-refractivity contribution < 1.29 is 0 Å².